The van der Waals surface area contributed by atoms with Crippen LogP contribution in [0.25, 0.3) is 0 Å². The van der Waals surface area contributed by atoms with Crippen molar-refractivity contribution in [2.45, 2.75) is 45.4 Å². The molecule has 23 heavy (non-hydrogen) atoms. The van der Waals surface area contributed by atoms with Gasteiger partial charge in [-0.3, -0.25) is 0 Å². The van der Waals surface area contributed by atoms with Gasteiger partial charge in [0.15, 0.2) is 0 Å². The van der Waals surface area contributed by atoms with Crippen LogP contribution in [0.5, 0.6) is 5.75 Å². The second kappa shape index (κ2) is 6.28. The van der Waals surface area contributed by atoms with Crippen LogP contribution < -0.4 is 10.1 Å². The Balaban J connectivity index is 2.51. The van der Waals surface area contributed by atoms with Crippen LogP contribution in [0, 0.1) is 28.7 Å². The molecule has 0 aliphatic carbocycles. The smallest absolute Gasteiger partial charge is 0.207 e. The third-order valence-electron chi connectivity index (χ3n) is 3.90. The maximum Gasteiger partial charge on any atom is 0.207 e. The van der Waals surface area contributed by atoms with E-state index in [0.29, 0.717) is 22.7 Å². The van der Waals surface area contributed by atoms with E-state index in [4.69, 9.17) is 15.3 Å². The predicted octanol–water partition coefficient (Wildman–Crippen LogP) is 2.26. The van der Waals surface area contributed by atoms with E-state index in [9.17, 15) is 5.11 Å². The third-order valence-corrected chi connectivity index (χ3v) is 3.90. The summed E-state index contributed by atoms with van der Waals surface area (Å²) in [4.78, 5) is 3.81. The summed E-state index contributed by atoms with van der Waals surface area (Å²) in [7, 11) is 0. The predicted molar refractivity (Wildman–Crippen MR) is 85.6 cm³/mol. The fraction of sp³-hybridized carbons (Fsp3) is 0.471. The Hall–Kier alpha value is -2.57. The molecule has 1 aromatic rings. The molecular formula is C17H20N4O2. The minimum absolute atomic E-state index is 0.00425. The quantitative estimate of drug-likeness (QED) is 0.495. The number of hydrogen-bond acceptors (Lipinski definition) is 5. The molecule has 2 atom stereocenters. The van der Waals surface area contributed by atoms with Gasteiger partial charge < -0.3 is 15.2 Å². The molecule has 0 radical (unpaired) electrons. The number of benzene rings is 1. The van der Waals surface area contributed by atoms with Gasteiger partial charge in [-0.1, -0.05) is 13.8 Å². The lowest BCUT2D eigenvalue weighted by Crippen LogP contribution is -2.54. The highest BCUT2D eigenvalue weighted by atomic mass is 16.5. The number of aliphatic hydroxyl groups excluding tert-OH is 1. The lowest BCUT2D eigenvalue weighted by molar-refractivity contribution is -0.0612. The summed E-state index contributed by atoms with van der Waals surface area (Å²) in [5.41, 5.74) is 0.352. The molecule has 1 aliphatic heterocycles. The number of fused-ring (bicyclic) bond motifs is 1. The highest BCUT2D eigenvalue weighted by Gasteiger charge is 2.43. The third kappa shape index (κ3) is 3.28. The number of ether oxygens (including phenoxy) is 1. The Morgan fingerprint density at radius 1 is 1.39 bits per heavy atom. The summed E-state index contributed by atoms with van der Waals surface area (Å²) >= 11 is 0. The number of amidine groups is 1. The summed E-state index contributed by atoms with van der Waals surface area (Å²) in [6.45, 7) is 7.41. The van der Waals surface area contributed by atoms with Crippen molar-refractivity contribution >= 4 is 5.84 Å². The van der Waals surface area contributed by atoms with Crippen LogP contribution in [0.15, 0.2) is 23.2 Å². The normalized spacial score (nSPS) is 22.5. The zero-order valence-corrected chi connectivity index (χ0v) is 13.7. The molecule has 0 aromatic heterocycles. The van der Waals surface area contributed by atoms with Crippen LogP contribution in [-0.4, -0.2) is 22.6 Å². The van der Waals surface area contributed by atoms with Crippen LogP contribution in [0.2, 0.25) is 0 Å². The number of rotatable bonds is 2. The fourth-order valence-electron chi connectivity index (χ4n) is 2.57. The van der Waals surface area contributed by atoms with Crippen LogP contribution in [0.1, 0.15) is 44.9 Å². The maximum absolute atomic E-state index is 10.7. The first kappa shape index (κ1) is 16.8. The van der Waals surface area contributed by atoms with Crippen molar-refractivity contribution in [2.24, 2.45) is 10.9 Å². The number of nitriles is 2. The lowest BCUT2D eigenvalue weighted by atomic mass is 9.85. The van der Waals surface area contributed by atoms with E-state index in [0.717, 1.165) is 0 Å². The van der Waals surface area contributed by atoms with Crippen molar-refractivity contribution in [3.05, 3.63) is 29.3 Å². The minimum Gasteiger partial charge on any atom is -0.485 e. The lowest BCUT2D eigenvalue weighted by Gasteiger charge is -2.43. The topological polar surface area (TPSA) is 101 Å². The molecule has 0 spiro atoms. The Morgan fingerprint density at radius 3 is 2.65 bits per heavy atom. The highest BCUT2D eigenvalue weighted by Crippen LogP contribution is 2.40. The van der Waals surface area contributed by atoms with Gasteiger partial charge in [0.05, 0.1) is 17.7 Å². The van der Waals surface area contributed by atoms with Gasteiger partial charge in [0, 0.05) is 11.5 Å². The van der Waals surface area contributed by atoms with Gasteiger partial charge in [-0.15, -0.1) is 0 Å². The summed E-state index contributed by atoms with van der Waals surface area (Å²) in [6, 6.07) is 6.67. The average molecular weight is 312 g/mol. The van der Waals surface area contributed by atoms with Gasteiger partial charge in [0.25, 0.3) is 0 Å². The molecule has 0 saturated heterocycles. The van der Waals surface area contributed by atoms with Crippen molar-refractivity contribution in [1.29, 1.82) is 10.5 Å². The number of aliphatic imine (C=N–C) groups is 1. The van der Waals surface area contributed by atoms with Gasteiger partial charge >= 0.3 is 0 Å². The van der Waals surface area contributed by atoms with Crippen molar-refractivity contribution in [3.63, 3.8) is 0 Å². The largest absolute Gasteiger partial charge is 0.485 e. The Bertz CT molecular complexity index is 710. The molecule has 120 valence electrons. The standard InChI is InChI=1S/C17H20N4O2/c1-10(2)16(20-9-19)21-14-12-7-11(8-18)5-6-13(12)23-17(3,4)15(14)22/h5-7,10,14-15,22H,1-4H3,(H,20,21)/t14-,15+/m1/s1. The summed E-state index contributed by atoms with van der Waals surface area (Å²) in [5, 5.41) is 31.8. The van der Waals surface area contributed by atoms with Crippen LogP contribution in [0.4, 0.5) is 0 Å². The van der Waals surface area contributed by atoms with E-state index >= 15 is 0 Å². The molecule has 0 fully saturated rings. The Kier molecular flexibility index (Phi) is 4.58. The molecular weight excluding hydrogens is 292 g/mol. The van der Waals surface area contributed by atoms with E-state index < -0.39 is 17.7 Å². The van der Waals surface area contributed by atoms with Crippen molar-refractivity contribution in [3.8, 4) is 18.0 Å². The van der Waals surface area contributed by atoms with Gasteiger partial charge in [-0.05, 0) is 32.0 Å². The first-order chi connectivity index (χ1) is 10.8. The molecule has 0 amide bonds. The minimum atomic E-state index is -0.869. The summed E-state index contributed by atoms with van der Waals surface area (Å²) < 4.78 is 5.86. The fourth-order valence-corrected chi connectivity index (χ4v) is 2.57. The zero-order chi connectivity index (χ0) is 17.2. The molecule has 2 rings (SSSR count). The molecule has 0 bridgehead atoms. The van der Waals surface area contributed by atoms with Crippen molar-refractivity contribution in [2.75, 3.05) is 0 Å². The van der Waals surface area contributed by atoms with Gasteiger partial charge in [-0.25, -0.2) is 0 Å². The molecule has 0 saturated carbocycles. The maximum atomic E-state index is 10.7. The molecule has 1 heterocycles. The van der Waals surface area contributed by atoms with Gasteiger partial charge in [-0.2, -0.15) is 15.5 Å². The van der Waals surface area contributed by atoms with Crippen LogP contribution >= 0.6 is 0 Å². The van der Waals surface area contributed by atoms with E-state index in [1.165, 1.54) is 0 Å². The van der Waals surface area contributed by atoms with Gasteiger partial charge in [0.1, 0.15) is 23.3 Å². The highest BCUT2D eigenvalue weighted by molar-refractivity contribution is 5.85. The number of hydrogen-bond donors (Lipinski definition) is 2. The van der Waals surface area contributed by atoms with E-state index in [1.807, 2.05) is 13.8 Å². The Labute approximate surface area is 136 Å². The van der Waals surface area contributed by atoms with Crippen LogP contribution in [0.3, 0.4) is 0 Å². The SMILES string of the molecule is CC(C)C(=NC#N)N[C@@H]1c2cc(C#N)ccc2OC(C)(C)[C@H]1O. The first-order valence-electron chi connectivity index (χ1n) is 7.44. The molecule has 1 aliphatic rings. The van der Waals surface area contributed by atoms with Crippen molar-refractivity contribution in [1.82, 2.24) is 5.32 Å². The monoisotopic (exact) mass is 312 g/mol. The van der Waals surface area contributed by atoms with E-state index in [2.05, 4.69) is 16.4 Å². The molecule has 0 unspecified atom stereocenters. The number of nitrogens with zero attached hydrogens (tertiary/aromatic N) is 3. The summed E-state index contributed by atoms with van der Waals surface area (Å²) in [6.07, 6.45) is 0.912. The van der Waals surface area contributed by atoms with Crippen molar-refractivity contribution < 1.29 is 9.84 Å². The number of aliphatic hydroxyl groups is 1. The van der Waals surface area contributed by atoms with E-state index in [-0.39, 0.29) is 5.92 Å². The second-order valence-electron chi connectivity index (χ2n) is 6.39. The number of nitrogens with one attached hydrogen (secondary N) is 1. The van der Waals surface area contributed by atoms with Gasteiger partial charge in [0.2, 0.25) is 6.19 Å². The summed E-state index contributed by atoms with van der Waals surface area (Å²) in [5.74, 6) is 1.09. The molecule has 1 aromatic carbocycles. The van der Waals surface area contributed by atoms with E-state index in [1.54, 1.807) is 38.2 Å². The molecule has 2 N–H and O–H groups in total. The van der Waals surface area contributed by atoms with Crippen LogP contribution in [-0.2, 0) is 0 Å². The first-order valence-corrected chi connectivity index (χ1v) is 7.44. The molecule has 6 nitrogen and oxygen atoms in total. The zero-order valence-electron chi connectivity index (χ0n) is 13.7. The second-order valence-corrected chi connectivity index (χ2v) is 6.39. The Morgan fingerprint density at radius 2 is 2.09 bits per heavy atom. The molecule has 6 heteroatoms. The average Bonchev–Trinajstić information content (AvgIpc) is 2.50.